The number of nitriles is 1. The summed E-state index contributed by atoms with van der Waals surface area (Å²) in [5.74, 6) is 1.34. The lowest BCUT2D eigenvalue weighted by Crippen LogP contribution is -2.23. The minimum absolute atomic E-state index is 0.107. The van der Waals surface area contributed by atoms with Gasteiger partial charge < -0.3 is 0 Å². The van der Waals surface area contributed by atoms with Gasteiger partial charge in [0, 0.05) is 30.4 Å². The highest BCUT2D eigenvalue weighted by Crippen LogP contribution is 2.34. The van der Waals surface area contributed by atoms with E-state index in [1.807, 2.05) is 40.7 Å². The van der Waals surface area contributed by atoms with Crippen LogP contribution < -0.4 is 0 Å². The number of benzene rings is 3. The van der Waals surface area contributed by atoms with Crippen molar-refractivity contribution in [2.24, 2.45) is 12.1 Å². The molecule has 0 unspecified atom stereocenters. The Labute approximate surface area is 351 Å². The second kappa shape index (κ2) is 21.7. The second-order valence-electron chi connectivity index (χ2n) is 9.60. The van der Waals surface area contributed by atoms with Crippen LogP contribution in [-0.4, -0.2) is 51.2 Å². The molecule has 0 aliphatic carbocycles. The molecule has 52 heavy (non-hydrogen) atoms. The molecule has 8 nitrogen and oxygen atoms in total. The standard InChI is InChI=1S/C14H11Cl3N2O2S.C13H9Cl2N3S.C5H3NS.Al.3ClH/c1-19(22(20,21)10-6-3-2-4-7-10)18-14(17)13-11(15)8-5-9-12(13)16;1-18-13(8-5-6-19-7-8)16-12(17-18)11-9(14)3-2-4-10(11)15;6-3-5-1-2-7-4-5;;;;/h2-9H,1H3;2-7H,1H3;1-2,4H;;3*1H/q;;;+3;;;/p-3/b18-14-;;;;;;. The first kappa shape index (κ1) is 44.4. The molecule has 0 radical (unpaired) electrons. The van der Waals surface area contributed by atoms with E-state index in [4.69, 9.17) is 93.4 Å². The minimum Gasteiger partial charge on any atom is -0.248 e. The van der Waals surface area contributed by atoms with Crippen LogP contribution in [-0.2, 0) is 17.1 Å². The highest BCUT2D eigenvalue weighted by atomic mass is 35.8. The summed E-state index contributed by atoms with van der Waals surface area (Å²) < 4.78 is 27.2. The molecule has 0 N–H and O–H groups in total. The van der Waals surface area contributed by atoms with Crippen LogP contribution in [0.2, 0.25) is 20.1 Å². The third-order valence-corrected chi connectivity index (χ3v) is 10.7. The fourth-order valence-electron chi connectivity index (χ4n) is 3.84. The van der Waals surface area contributed by atoms with Gasteiger partial charge in [-0.25, -0.2) is 39.8 Å². The molecule has 0 saturated carbocycles. The van der Waals surface area contributed by atoms with E-state index in [1.54, 1.807) is 88.0 Å². The molecule has 3 aromatic heterocycles. The molecule has 6 rings (SSSR count). The van der Waals surface area contributed by atoms with Crippen molar-refractivity contribution in [2.75, 3.05) is 7.05 Å². The molecule has 20 heteroatoms. The van der Waals surface area contributed by atoms with Crippen LogP contribution in [0, 0.1) is 11.3 Å². The average Bonchev–Trinajstić information content (AvgIpc) is 3.89. The second-order valence-corrected chi connectivity index (χ2v) is 21.5. The van der Waals surface area contributed by atoms with Crippen molar-refractivity contribution in [1.29, 1.82) is 5.26 Å². The number of hydrazone groups is 1. The molecule has 3 heterocycles. The zero-order valence-corrected chi connectivity index (χ0v) is 36.3. The van der Waals surface area contributed by atoms with E-state index in [2.05, 4.69) is 15.2 Å². The number of hydrogen-bond donors (Lipinski definition) is 0. The van der Waals surface area contributed by atoms with Crippen LogP contribution in [0.1, 0.15) is 11.1 Å². The molecule has 0 spiro atoms. The van der Waals surface area contributed by atoms with Crippen molar-refractivity contribution in [3.63, 3.8) is 0 Å². The van der Waals surface area contributed by atoms with Crippen LogP contribution in [0.3, 0.4) is 0 Å². The summed E-state index contributed by atoms with van der Waals surface area (Å²) in [5, 5.41) is 25.8. The molecule has 0 aliphatic heterocycles. The van der Waals surface area contributed by atoms with Crippen molar-refractivity contribution in [3.05, 3.63) is 132 Å². The summed E-state index contributed by atoms with van der Waals surface area (Å²) in [5.41, 5.74) is 2.74. The third-order valence-electron chi connectivity index (χ3n) is 6.17. The van der Waals surface area contributed by atoms with Crippen LogP contribution >= 0.6 is 111 Å². The van der Waals surface area contributed by atoms with Gasteiger partial charge in [-0.3, -0.25) is 0 Å². The Morgan fingerprint density at radius 2 is 1.38 bits per heavy atom. The lowest BCUT2D eigenvalue weighted by atomic mass is 10.2. The molecule has 0 bridgehead atoms. The van der Waals surface area contributed by atoms with E-state index in [0.29, 0.717) is 21.4 Å². The van der Waals surface area contributed by atoms with Crippen LogP contribution in [0.5, 0.6) is 0 Å². The van der Waals surface area contributed by atoms with Crippen LogP contribution in [0.4, 0.5) is 0 Å². The van der Waals surface area contributed by atoms with Gasteiger partial charge in [-0.1, -0.05) is 88.3 Å². The zero-order chi connectivity index (χ0) is 38.4. The lowest BCUT2D eigenvalue weighted by molar-refractivity contribution is 0.490. The predicted octanol–water partition coefficient (Wildman–Crippen LogP) is 12.0. The normalized spacial score (nSPS) is 10.8. The van der Waals surface area contributed by atoms with Gasteiger partial charge in [-0.05, 0) is 59.3 Å². The van der Waals surface area contributed by atoms with E-state index >= 15 is 0 Å². The SMILES string of the molecule is CN(/N=C(\Cl)c1c(Cl)cccc1Cl)S(=O)(=O)c1ccccc1.Cn1nc(-c2c(Cl)cccc2Cl)nc1-c1ccsc1.N#Cc1ccsc1.[Cl][Al]([Cl])[Cl]. The maximum atomic E-state index is 12.4. The fourth-order valence-corrected chi connectivity index (χ4v) is 7.65. The molecular weight excluding hydrogens is 907 g/mol. The highest BCUT2D eigenvalue weighted by Gasteiger charge is 2.21. The van der Waals surface area contributed by atoms with Gasteiger partial charge in [-0.15, -0.1) is 5.10 Å². The minimum atomic E-state index is -3.79. The first-order chi connectivity index (χ1) is 24.7. The molecule has 3 aromatic carbocycles. The Kier molecular flexibility index (Phi) is 18.6. The van der Waals surface area contributed by atoms with Crippen molar-refractivity contribution >= 4 is 137 Å². The van der Waals surface area contributed by atoms with Crippen molar-refractivity contribution in [3.8, 4) is 28.8 Å². The fraction of sp³-hybridized carbons (Fsp3) is 0.0625. The number of sulfonamides is 1. The molecule has 0 saturated heterocycles. The van der Waals surface area contributed by atoms with Gasteiger partial charge in [0.2, 0.25) is 0 Å². The van der Waals surface area contributed by atoms with Gasteiger partial charge in [0.15, 0.2) is 16.8 Å². The Morgan fingerprint density at radius 1 is 0.846 bits per heavy atom. The summed E-state index contributed by atoms with van der Waals surface area (Å²) >= 11 is 31.9. The van der Waals surface area contributed by atoms with Gasteiger partial charge in [-0.2, -0.15) is 45.9 Å². The van der Waals surface area contributed by atoms with Crippen molar-refractivity contribution in [1.82, 2.24) is 19.2 Å². The first-order valence-electron chi connectivity index (χ1n) is 14.1. The topological polar surface area (TPSA) is 104 Å². The zero-order valence-electron chi connectivity index (χ0n) is 26.6. The molecule has 0 atom stereocenters. The quantitative estimate of drug-likeness (QED) is 0.0940. The van der Waals surface area contributed by atoms with Crippen molar-refractivity contribution in [2.45, 2.75) is 4.90 Å². The number of hydrogen-bond acceptors (Lipinski definition) is 8. The van der Waals surface area contributed by atoms with Gasteiger partial charge >= 0.3 is 11.4 Å². The maximum Gasteiger partial charge on any atom is 0.643 e. The number of halogens is 8. The van der Waals surface area contributed by atoms with Gasteiger partial charge in [0.05, 0.1) is 47.7 Å². The monoisotopic (exact) mass is 926 g/mol. The lowest BCUT2D eigenvalue weighted by Gasteiger charge is -2.15. The number of nitrogens with zero attached hydrogens (tertiary/aromatic N) is 6. The Bertz CT molecular complexity index is 2170. The molecule has 0 amide bonds. The Balaban J connectivity index is 0.000000219. The van der Waals surface area contributed by atoms with Crippen LogP contribution in [0.15, 0.2) is 110 Å². The predicted molar refractivity (Wildman–Crippen MR) is 222 cm³/mol. The first-order valence-corrected chi connectivity index (χ1v) is 24.6. The van der Waals surface area contributed by atoms with E-state index in [1.165, 1.54) is 19.2 Å². The number of aromatic nitrogens is 3. The Hall–Kier alpha value is -2.04. The third kappa shape index (κ3) is 13.1. The molecule has 0 aliphatic rings. The van der Waals surface area contributed by atoms with E-state index in [0.717, 1.165) is 21.4 Å². The summed E-state index contributed by atoms with van der Waals surface area (Å²) in [6, 6.07) is 23.9. The van der Waals surface area contributed by atoms with Gasteiger partial charge in [0.25, 0.3) is 10.0 Å². The number of thiophene rings is 2. The summed E-state index contributed by atoms with van der Waals surface area (Å²) in [4.78, 5) is 4.64. The van der Waals surface area contributed by atoms with E-state index in [-0.39, 0.29) is 25.7 Å². The van der Waals surface area contributed by atoms with Gasteiger partial charge in [0.1, 0.15) is 0 Å². The average molecular weight is 930 g/mol. The molecule has 6 aromatic rings. The van der Waals surface area contributed by atoms with E-state index < -0.39 is 21.4 Å². The summed E-state index contributed by atoms with van der Waals surface area (Å²) in [6.07, 6.45) is 0. The Morgan fingerprint density at radius 3 is 1.87 bits per heavy atom. The smallest absolute Gasteiger partial charge is 0.248 e. The van der Waals surface area contributed by atoms with E-state index in [9.17, 15) is 8.42 Å². The van der Waals surface area contributed by atoms with Crippen molar-refractivity contribution < 1.29 is 8.42 Å². The van der Waals surface area contributed by atoms with Crippen LogP contribution in [0.25, 0.3) is 22.8 Å². The number of aryl methyl sites for hydroxylation is 1. The maximum absolute atomic E-state index is 12.4. The molecule has 270 valence electrons. The molecular formula is C32H23AlCl8N6O2S3. The highest BCUT2D eigenvalue weighted by molar-refractivity contribution is 7.89. The molecule has 0 fully saturated rings. The summed E-state index contributed by atoms with van der Waals surface area (Å²) in [7, 11) is 14.2. The largest absolute Gasteiger partial charge is 0.643 e. The summed E-state index contributed by atoms with van der Waals surface area (Å²) in [6.45, 7) is 0. The number of rotatable bonds is 6.